The zero-order chi connectivity index (χ0) is 25.9. The third kappa shape index (κ3) is 4.14. The molecule has 2 aromatic heterocycles. The highest BCUT2D eigenvalue weighted by molar-refractivity contribution is 7.93. The largest absolute Gasteiger partial charge is 0.450 e. The van der Waals surface area contributed by atoms with E-state index in [4.69, 9.17) is 16.0 Å². The van der Waals surface area contributed by atoms with Gasteiger partial charge in [0.15, 0.2) is 10.6 Å². The van der Waals surface area contributed by atoms with Crippen LogP contribution >= 0.6 is 36.4 Å². The van der Waals surface area contributed by atoms with Gasteiger partial charge in [-0.2, -0.15) is 13.5 Å². The highest BCUT2D eigenvalue weighted by Gasteiger charge is 2.45. The fourth-order valence-electron chi connectivity index (χ4n) is 4.47. The minimum absolute atomic E-state index is 0. The van der Waals surface area contributed by atoms with Crippen molar-refractivity contribution in [2.24, 2.45) is 0 Å². The lowest BCUT2D eigenvalue weighted by molar-refractivity contribution is 0.0971. The first kappa shape index (κ1) is 26.2. The molecule has 5 aromatic rings. The zero-order valence-electron chi connectivity index (χ0n) is 19.7. The average Bonchev–Trinajstić information content (AvgIpc) is 3.48. The van der Waals surface area contributed by atoms with Crippen molar-refractivity contribution >= 4 is 68.3 Å². The summed E-state index contributed by atoms with van der Waals surface area (Å²) in [5.41, 5.74) is 1.56. The Labute approximate surface area is 233 Å². The predicted molar refractivity (Wildman–Crippen MR) is 152 cm³/mol. The van der Waals surface area contributed by atoms with Crippen LogP contribution in [0.2, 0.25) is 5.02 Å². The summed E-state index contributed by atoms with van der Waals surface area (Å²) in [4.78, 5) is 33.2. The van der Waals surface area contributed by atoms with Gasteiger partial charge < -0.3 is 4.42 Å². The molecule has 3 heterocycles. The Morgan fingerprint density at radius 1 is 1.00 bits per heavy atom. The Morgan fingerprint density at radius 3 is 2.50 bits per heavy atom. The highest BCUT2D eigenvalue weighted by atomic mass is 35.5. The maximum absolute atomic E-state index is 13.8. The smallest absolute Gasteiger partial charge is 0.297 e. The van der Waals surface area contributed by atoms with Crippen LogP contribution in [0, 0.1) is 6.92 Å². The van der Waals surface area contributed by atoms with Crippen molar-refractivity contribution in [3.05, 3.63) is 117 Å². The molecule has 0 radical (unpaired) electrons. The minimum Gasteiger partial charge on any atom is -0.450 e. The molecule has 3 aromatic carbocycles. The van der Waals surface area contributed by atoms with E-state index >= 15 is 0 Å². The molecular weight excluding hydrogens is 564 g/mol. The van der Waals surface area contributed by atoms with Crippen molar-refractivity contribution in [3.8, 4) is 0 Å². The summed E-state index contributed by atoms with van der Waals surface area (Å²) >= 11 is 7.12. The number of anilines is 1. The highest BCUT2D eigenvalue weighted by Crippen LogP contribution is 2.44. The van der Waals surface area contributed by atoms with E-state index in [-0.39, 0.29) is 44.5 Å². The first-order valence-corrected chi connectivity index (χ1v) is 13.9. The van der Waals surface area contributed by atoms with Gasteiger partial charge in [0.1, 0.15) is 9.79 Å². The van der Waals surface area contributed by atoms with E-state index in [0.717, 1.165) is 16.9 Å². The van der Waals surface area contributed by atoms with Crippen LogP contribution in [-0.2, 0) is 9.84 Å². The van der Waals surface area contributed by atoms with Crippen molar-refractivity contribution in [3.63, 3.8) is 0 Å². The number of aromatic nitrogens is 1. The van der Waals surface area contributed by atoms with Gasteiger partial charge in [0.2, 0.25) is 15.6 Å². The lowest BCUT2D eigenvalue weighted by Crippen LogP contribution is -2.29. The molecule has 1 unspecified atom stereocenters. The number of halogens is 1. The van der Waals surface area contributed by atoms with Gasteiger partial charge >= 0.3 is 0 Å². The Balaban J connectivity index is 0.00000294. The second kappa shape index (κ2) is 9.70. The number of aryl methyl sites for hydroxylation is 1. The molecule has 7 nitrogen and oxygen atoms in total. The lowest BCUT2D eigenvalue weighted by Gasteiger charge is -2.22. The number of amides is 1. The number of hydrogen-bond donors (Lipinski definition) is 0. The number of fused-ring (bicyclic) bond motifs is 2. The molecule has 1 aliphatic rings. The lowest BCUT2D eigenvalue weighted by atomic mass is 9.98. The summed E-state index contributed by atoms with van der Waals surface area (Å²) in [6, 6.07) is 19.1. The number of carbonyl (C=O) groups excluding carboxylic acids is 1. The average molecular weight is 583 g/mol. The molecule has 0 aliphatic carbocycles. The third-order valence-corrected chi connectivity index (χ3v) is 9.65. The van der Waals surface area contributed by atoms with E-state index in [1.165, 1.54) is 23.2 Å². The molecular formula is C27H19ClN2O5S3. The summed E-state index contributed by atoms with van der Waals surface area (Å²) in [7, 11) is -3.85. The number of hydrogen-bond acceptors (Lipinski definition) is 7. The molecule has 0 fully saturated rings. The monoisotopic (exact) mass is 582 g/mol. The van der Waals surface area contributed by atoms with Crippen LogP contribution < -0.4 is 10.3 Å². The van der Waals surface area contributed by atoms with Gasteiger partial charge in [0.25, 0.3) is 5.91 Å². The predicted octanol–water partition coefficient (Wildman–Crippen LogP) is 5.91. The number of benzene rings is 3. The Bertz CT molecular complexity index is 1880. The summed E-state index contributed by atoms with van der Waals surface area (Å²) in [5, 5.41) is 0.888. The standard InChI is InChI=1S/C27H17ClN2O5S2.H2S/c1-15-10-11-19-20(12-15)35-25-22(24(19)31)23(16-6-5-7-17(28)13-16)30(26(25)32)27-29-14-21(36-27)37(33,34)18-8-3-2-4-9-18;/h2-14,23H,1H3;1H2. The van der Waals surface area contributed by atoms with Gasteiger partial charge in [-0.1, -0.05) is 59.3 Å². The van der Waals surface area contributed by atoms with E-state index in [2.05, 4.69) is 4.98 Å². The summed E-state index contributed by atoms with van der Waals surface area (Å²) in [5.74, 6) is -0.686. The SMILES string of the molecule is Cc1ccc2c(=O)c3c(oc2c1)C(=O)N(c1ncc(S(=O)(=O)c2ccccc2)s1)C3c1cccc(Cl)c1.S. The number of nitrogens with zero attached hydrogens (tertiary/aromatic N) is 2. The second-order valence-electron chi connectivity index (χ2n) is 8.58. The van der Waals surface area contributed by atoms with E-state index in [1.54, 1.807) is 60.7 Å². The molecule has 0 bridgehead atoms. The van der Waals surface area contributed by atoms with E-state index in [1.807, 2.05) is 6.92 Å². The van der Waals surface area contributed by atoms with E-state index < -0.39 is 21.8 Å². The third-order valence-electron chi connectivity index (χ3n) is 6.19. The number of thiazole rings is 1. The molecule has 0 N–H and O–H groups in total. The van der Waals surface area contributed by atoms with Gasteiger partial charge in [-0.05, 0) is 54.4 Å². The van der Waals surface area contributed by atoms with Crippen LogP contribution in [0.3, 0.4) is 0 Å². The molecule has 38 heavy (non-hydrogen) atoms. The number of rotatable bonds is 4. The first-order chi connectivity index (χ1) is 17.8. The van der Waals surface area contributed by atoms with Crippen LogP contribution in [0.1, 0.15) is 33.3 Å². The Kier molecular flexibility index (Phi) is 6.68. The van der Waals surface area contributed by atoms with Crippen molar-refractivity contribution < 1.29 is 17.6 Å². The first-order valence-electron chi connectivity index (χ1n) is 11.2. The van der Waals surface area contributed by atoms with Crippen LogP contribution in [0.15, 0.2) is 97.3 Å². The molecule has 192 valence electrons. The molecule has 6 rings (SSSR count). The Morgan fingerprint density at radius 2 is 1.76 bits per heavy atom. The fourth-order valence-corrected chi connectivity index (χ4v) is 7.24. The van der Waals surface area contributed by atoms with Gasteiger partial charge in [0, 0.05) is 5.02 Å². The molecule has 0 saturated heterocycles. The maximum Gasteiger partial charge on any atom is 0.297 e. The van der Waals surface area contributed by atoms with Crippen LogP contribution in [0.4, 0.5) is 5.13 Å². The van der Waals surface area contributed by atoms with Crippen LogP contribution in [0.5, 0.6) is 0 Å². The summed E-state index contributed by atoms with van der Waals surface area (Å²) in [6.45, 7) is 1.86. The normalized spacial score (nSPS) is 14.9. The molecule has 1 aliphatic heterocycles. The van der Waals surface area contributed by atoms with Crippen molar-refractivity contribution in [1.82, 2.24) is 4.98 Å². The maximum atomic E-state index is 13.8. The molecule has 0 spiro atoms. The van der Waals surface area contributed by atoms with Crippen molar-refractivity contribution in [2.45, 2.75) is 22.1 Å². The van der Waals surface area contributed by atoms with Gasteiger partial charge in [-0.15, -0.1) is 0 Å². The quantitative estimate of drug-likeness (QED) is 0.261. The van der Waals surface area contributed by atoms with E-state index in [9.17, 15) is 18.0 Å². The zero-order valence-corrected chi connectivity index (χ0v) is 23.1. The summed E-state index contributed by atoms with van der Waals surface area (Å²) < 4.78 is 32.3. The van der Waals surface area contributed by atoms with Gasteiger partial charge in [-0.3, -0.25) is 14.5 Å². The topological polar surface area (TPSA) is 97.6 Å². The van der Waals surface area contributed by atoms with Crippen LogP contribution in [0.25, 0.3) is 11.0 Å². The number of carbonyl (C=O) groups is 1. The van der Waals surface area contributed by atoms with Crippen LogP contribution in [-0.4, -0.2) is 19.3 Å². The minimum atomic E-state index is -3.85. The molecule has 0 saturated carbocycles. The van der Waals surface area contributed by atoms with E-state index in [0.29, 0.717) is 21.6 Å². The molecule has 11 heteroatoms. The van der Waals surface area contributed by atoms with Crippen molar-refractivity contribution in [1.29, 1.82) is 0 Å². The summed E-state index contributed by atoms with van der Waals surface area (Å²) in [6.07, 6.45) is 1.22. The second-order valence-corrected chi connectivity index (χ2v) is 12.2. The molecule has 1 atom stereocenters. The molecule has 1 amide bonds. The van der Waals surface area contributed by atoms with Gasteiger partial charge in [0.05, 0.1) is 28.1 Å². The number of sulfone groups is 1. The van der Waals surface area contributed by atoms with Crippen molar-refractivity contribution in [2.75, 3.05) is 4.90 Å². The fraction of sp³-hybridized carbons (Fsp3) is 0.0741. The van der Waals surface area contributed by atoms with Gasteiger partial charge in [-0.25, -0.2) is 13.4 Å². The Hall–Kier alpha value is -3.44.